The SMILES string of the molecule is CC1C=C2c3ccccc3CC2CC2=C1C=CCC2C. The summed E-state index contributed by atoms with van der Waals surface area (Å²) in [4.78, 5) is 0. The molecule has 0 heteroatoms. The molecule has 0 aliphatic heterocycles. The predicted octanol–water partition coefficient (Wildman–Crippen LogP) is 5.17. The number of rotatable bonds is 0. The summed E-state index contributed by atoms with van der Waals surface area (Å²) in [7, 11) is 0. The molecule has 0 nitrogen and oxygen atoms in total. The van der Waals surface area contributed by atoms with E-state index in [2.05, 4.69) is 56.3 Å². The van der Waals surface area contributed by atoms with Crippen molar-refractivity contribution in [2.45, 2.75) is 33.1 Å². The first-order valence-electron chi connectivity index (χ1n) is 7.93. The summed E-state index contributed by atoms with van der Waals surface area (Å²) in [5.74, 6) is 2.01. The lowest BCUT2D eigenvalue weighted by atomic mass is 9.81. The minimum atomic E-state index is 0.565. The van der Waals surface area contributed by atoms with E-state index in [1.165, 1.54) is 24.8 Å². The molecule has 0 spiro atoms. The molecule has 0 saturated carbocycles. The molecule has 0 N–H and O–H groups in total. The Morgan fingerprint density at radius 1 is 1.05 bits per heavy atom. The standard InChI is InChI=1S/C20H22/c1-13-6-5-9-17-14(2)10-20-16(12-19(13)17)11-15-7-3-4-8-18(15)20/h3-5,7-10,13-14,16H,6,11-12H2,1-2H3. The molecule has 0 bridgehead atoms. The molecular formula is C20H22. The topological polar surface area (TPSA) is 0 Å². The van der Waals surface area contributed by atoms with Gasteiger partial charge < -0.3 is 0 Å². The molecule has 4 rings (SSSR count). The first kappa shape index (κ1) is 12.2. The fraction of sp³-hybridized carbons (Fsp3) is 0.400. The Kier molecular flexibility index (Phi) is 2.73. The molecular weight excluding hydrogens is 240 g/mol. The highest BCUT2D eigenvalue weighted by atomic mass is 14.4. The molecule has 3 aliphatic carbocycles. The van der Waals surface area contributed by atoms with Crippen molar-refractivity contribution in [2.24, 2.45) is 17.8 Å². The van der Waals surface area contributed by atoms with Crippen molar-refractivity contribution >= 4 is 5.57 Å². The van der Waals surface area contributed by atoms with Crippen molar-refractivity contribution in [1.82, 2.24) is 0 Å². The maximum atomic E-state index is 2.54. The zero-order valence-corrected chi connectivity index (χ0v) is 12.4. The third kappa shape index (κ3) is 1.74. The van der Waals surface area contributed by atoms with Crippen LogP contribution < -0.4 is 0 Å². The third-order valence-electron chi connectivity index (χ3n) is 5.37. The number of hydrogen-bond donors (Lipinski definition) is 0. The Hall–Kier alpha value is -1.56. The van der Waals surface area contributed by atoms with E-state index < -0.39 is 0 Å². The third-order valence-corrected chi connectivity index (χ3v) is 5.37. The summed E-state index contributed by atoms with van der Waals surface area (Å²) in [5, 5.41) is 0. The number of fused-ring (bicyclic) bond motifs is 3. The van der Waals surface area contributed by atoms with Gasteiger partial charge in [0.2, 0.25) is 0 Å². The maximum absolute atomic E-state index is 2.54. The van der Waals surface area contributed by atoms with E-state index in [4.69, 9.17) is 0 Å². The zero-order valence-electron chi connectivity index (χ0n) is 12.4. The average Bonchev–Trinajstić information content (AvgIpc) is 2.71. The van der Waals surface area contributed by atoms with Crippen molar-refractivity contribution < 1.29 is 0 Å². The van der Waals surface area contributed by atoms with Crippen LogP contribution in [0.1, 0.15) is 37.8 Å². The van der Waals surface area contributed by atoms with Crippen molar-refractivity contribution in [3.8, 4) is 0 Å². The summed E-state index contributed by atoms with van der Waals surface area (Å²) < 4.78 is 0. The largest absolute Gasteiger partial charge is 0.0837 e. The van der Waals surface area contributed by atoms with Crippen LogP contribution in [0.15, 0.2) is 53.6 Å². The Labute approximate surface area is 121 Å². The van der Waals surface area contributed by atoms with Gasteiger partial charge in [-0.15, -0.1) is 0 Å². The van der Waals surface area contributed by atoms with Crippen molar-refractivity contribution in [3.63, 3.8) is 0 Å². The molecule has 0 radical (unpaired) electrons. The molecule has 1 aromatic carbocycles. The highest BCUT2D eigenvalue weighted by molar-refractivity contribution is 5.76. The first-order chi connectivity index (χ1) is 9.74. The Balaban J connectivity index is 1.81. The fourth-order valence-corrected chi connectivity index (χ4v) is 4.30. The van der Waals surface area contributed by atoms with Crippen LogP contribution in [0, 0.1) is 17.8 Å². The van der Waals surface area contributed by atoms with Gasteiger partial charge in [0, 0.05) is 0 Å². The van der Waals surface area contributed by atoms with Crippen LogP contribution in [0.25, 0.3) is 5.57 Å². The maximum Gasteiger partial charge on any atom is -0.000475 e. The van der Waals surface area contributed by atoms with Crippen LogP contribution in [-0.4, -0.2) is 0 Å². The Bertz CT molecular complexity index is 642. The minimum absolute atomic E-state index is 0.565. The Morgan fingerprint density at radius 2 is 1.90 bits per heavy atom. The van der Waals surface area contributed by atoms with Gasteiger partial charge in [0.15, 0.2) is 0 Å². The highest BCUT2D eigenvalue weighted by Gasteiger charge is 2.32. The van der Waals surface area contributed by atoms with Crippen molar-refractivity contribution in [3.05, 3.63) is 64.8 Å². The lowest BCUT2D eigenvalue weighted by molar-refractivity contribution is 0.577. The van der Waals surface area contributed by atoms with E-state index in [0.717, 1.165) is 11.8 Å². The molecule has 102 valence electrons. The Morgan fingerprint density at radius 3 is 2.80 bits per heavy atom. The zero-order chi connectivity index (χ0) is 13.7. The number of hydrogen-bond acceptors (Lipinski definition) is 0. The van der Waals surface area contributed by atoms with Gasteiger partial charge in [-0.2, -0.15) is 0 Å². The van der Waals surface area contributed by atoms with Crippen molar-refractivity contribution in [2.75, 3.05) is 0 Å². The van der Waals surface area contributed by atoms with E-state index in [9.17, 15) is 0 Å². The van der Waals surface area contributed by atoms with Crippen LogP contribution in [0.4, 0.5) is 0 Å². The molecule has 0 amide bonds. The number of allylic oxidation sites excluding steroid dienone is 6. The van der Waals surface area contributed by atoms with Crippen LogP contribution in [0.5, 0.6) is 0 Å². The second-order valence-corrected chi connectivity index (χ2v) is 6.69. The van der Waals surface area contributed by atoms with Gasteiger partial charge in [-0.3, -0.25) is 0 Å². The molecule has 1 aromatic rings. The van der Waals surface area contributed by atoms with Crippen LogP contribution >= 0.6 is 0 Å². The molecule has 0 heterocycles. The van der Waals surface area contributed by atoms with Gasteiger partial charge >= 0.3 is 0 Å². The van der Waals surface area contributed by atoms with Gasteiger partial charge in [0.25, 0.3) is 0 Å². The lowest BCUT2D eigenvalue weighted by Gasteiger charge is -2.24. The molecule has 3 aliphatic rings. The van der Waals surface area contributed by atoms with Gasteiger partial charge in [0.1, 0.15) is 0 Å². The van der Waals surface area contributed by atoms with Crippen molar-refractivity contribution in [1.29, 1.82) is 0 Å². The van der Waals surface area contributed by atoms with Gasteiger partial charge in [-0.25, -0.2) is 0 Å². The highest BCUT2D eigenvalue weighted by Crippen LogP contribution is 2.47. The molecule has 3 atom stereocenters. The van der Waals surface area contributed by atoms with E-state index in [1.54, 1.807) is 22.3 Å². The summed E-state index contributed by atoms with van der Waals surface area (Å²) in [6.45, 7) is 4.77. The summed E-state index contributed by atoms with van der Waals surface area (Å²) in [6.07, 6.45) is 11.0. The molecule has 0 fully saturated rings. The van der Waals surface area contributed by atoms with Crippen LogP contribution in [0.3, 0.4) is 0 Å². The molecule has 0 aromatic heterocycles. The average molecular weight is 262 g/mol. The van der Waals surface area contributed by atoms with Gasteiger partial charge in [-0.05, 0) is 59.3 Å². The summed E-state index contributed by atoms with van der Waals surface area (Å²) in [6, 6.07) is 9.00. The monoisotopic (exact) mass is 262 g/mol. The van der Waals surface area contributed by atoms with Gasteiger partial charge in [0.05, 0.1) is 0 Å². The fourth-order valence-electron chi connectivity index (χ4n) is 4.30. The minimum Gasteiger partial charge on any atom is -0.0837 e. The molecule has 20 heavy (non-hydrogen) atoms. The van der Waals surface area contributed by atoms with Crippen LogP contribution in [-0.2, 0) is 6.42 Å². The van der Waals surface area contributed by atoms with Crippen LogP contribution in [0.2, 0.25) is 0 Å². The molecule has 0 saturated heterocycles. The van der Waals surface area contributed by atoms with E-state index in [-0.39, 0.29) is 0 Å². The molecule has 3 unspecified atom stereocenters. The summed E-state index contributed by atoms with van der Waals surface area (Å²) in [5.41, 5.74) is 8.01. The smallest absolute Gasteiger partial charge is 0.000475 e. The lowest BCUT2D eigenvalue weighted by Crippen LogP contribution is -2.11. The quantitative estimate of drug-likeness (QED) is 0.604. The normalized spacial score (nSPS) is 31.3. The van der Waals surface area contributed by atoms with Gasteiger partial charge in [-0.1, -0.05) is 61.9 Å². The predicted molar refractivity (Wildman–Crippen MR) is 85.3 cm³/mol. The second-order valence-electron chi connectivity index (χ2n) is 6.69. The van der Waals surface area contributed by atoms with E-state index >= 15 is 0 Å². The van der Waals surface area contributed by atoms with E-state index in [1.807, 2.05) is 0 Å². The first-order valence-corrected chi connectivity index (χ1v) is 7.93. The summed E-state index contributed by atoms with van der Waals surface area (Å²) >= 11 is 0. The van der Waals surface area contributed by atoms with E-state index in [0.29, 0.717) is 5.92 Å². The number of benzene rings is 1. The second kappa shape index (κ2) is 4.48.